The van der Waals surface area contributed by atoms with Crippen molar-refractivity contribution in [1.82, 2.24) is 0 Å². The quantitative estimate of drug-likeness (QED) is 0.100. The van der Waals surface area contributed by atoms with Crippen molar-refractivity contribution < 1.29 is 168 Å². The summed E-state index contributed by atoms with van der Waals surface area (Å²) in [7, 11) is 0.306. The normalized spacial score (nSPS) is 54.8. The van der Waals surface area contributed by atoms with Crippen molar-refractivity contribution in [3.05, 3.63) is 0 Å². The highest BCUT2D eigenvalue weighted by Crippen LogP contribution is 2.39. The zero-order chi connectivity index (χ0) is 56.8. The average molecular weight is 1140 g/mol. The van der Waals surface area contributed by atoms with Crippen LogP contribution >= 0.6 is 0 Å². The molecule has 0 aromatic rings. The van der Waals surface area contributed by atoms with Gasteiger partial charge in [-0.3, -0.25) is 0 Å². The molecule has 35 unspecified atom stereocenters. The van der Waals surface area contributed by atoms with E-state index in [4.69, 9.17) is 66.3 Å². The van der Waals surface area contributed by atoms with Crippen LogP contribution in [0.25, 0.3) is 0 Å². The van der Waals surface area contributed by atoms with E-state index >= 15 is 0 Å². The number of aliphatic hydroxyl groups excluding tert-OH is 20. The largest absolute Gasteiger partial charge is 0.394 e. The topological polar surface area (TPSA) is 534 Å². The van der Waals surface area contributed by atoms with Crippen molar-refractivity contribution >= 4 is 7.28 Å². The summed E-state index contributed by atoms with van der Waals surface area (Å²) in [4.78, 5) is 0. The Morgan fingerprint density at radius 1 is 0.218 bits per heavy atom. The Hall–Kier alpha value is -1.30. The second kappa shape index (κ2) is 26.7. The molecule has 21 fully saturated rings. The van der Waals surface area contributed by atoms with Crippen LogP contribution in [0.15, 0.2) is 0 Å². The van der Waals surface area contributed by atoms with Gasteiger partial charge in [0, 0.05) is 0 Å². The molecule has 34 nitrogen and oxygen atoms in total. The summed E-state index contributed by atoms with van der Waals surface area (Å²) in [5.74, 6) is 0. The Labute approximate surface area is 442 Å². The molecule has 0 aliphatic carbocycles. The van der Waals surface area contributed by atoms with E-state index in [0.29, 0.717) is 7.28 Å². The molecule has 21 saturated heterocycles. The lowest BCUT2D eigenvalue weighted by atomic mass is 9.73. The molecule has 35 heteroatoms. The standard InChI is InChI=1S/C43H73BO34/c1-44-2-9-30-16(51)23(58)37(65-9)73-31-10(3-45)67-39(25(60)18(31)53)75-33-12(5-47)69-41(27(62)20(33)55)77-35-14(7-49)71-43(29(64)22(35)57)78-36-15(8-50)70-42(28(63)21(36)56)76-34-13(6-48)68-40(26(61)19(34)54)74-32-11(4-46)66-38(72-30)24(59)17(32)52/h9-64H,2-8H2,1H3. The SMILES string of the molecule is CBCC1OC2OC3C(CO)OC(OC4C(CO)OC(OC5C(CO)OC(OC6C(CO)OC(OC7C(CO)OC(OC8C(CO)OC(OC1C(O)C2O)C(O)C8O)C(O)C7O)C(O)C6O)C(O)C5O)C(O)C4O)C(O)C3O. The summed E-state index contributed by atoms with van der Waals surface area (Å²) < 4.78 is 80.6. The molecule has 452 valence electrons. The zero-order valence-electron chi connectivity index (χ0n) is 41.5. The minimum Gasteiger partial charge on any atom is -0.394 e. The third kappa shape index (κ3) is 12.3. The summed E-state index contributed by atoms with van der Waals surface area (Å²) in [6.07, 6.45) is -68.1. The van der Waals surface area contributed by atoms with E-state index in [1.807, 2.05) is 0 Å². The molecule has 35 atom stereocenters. The fraction of sp³-hybridized carbons (Fsp3) is 1.00. The van der Waals surface area contributed by atoms with Crippen LogP contribution < -0.4 is 0 Å². The summed E-state index contributed by atoms with van der Waals surface area (Å²) in [5, 5.41) is 221. The van der Waals surface area contributed by atoms with Gasteiger partial charge in [-0.25, -0.2) is 0 Å². The van der Waals surface area contributed by atoms with Crippen LogP contribution in [-0.4, -0.2) is 364 Å². The van der Waals surface area contributed by atoms with Gasteiger partial charge in [0.25, 0.3) is 0 Å². The number of ether oxygens (including phenoxy) is 14. The molecule has 0 saturated carbocycles. The fourth-order valence-corrected chi connectivity index (χ4v) is 10.8. The van der Waals surface area contributed by atoms with Crippen LogP contribution in [0.3, 0.4) is 0 Å². The van der Waals surface area contributed by atoms with Gasteiger partial charge in [0.1, 0.15) is 172 Å². The molecule has 21 aliphatic heterocycles. The monoisotopic (exact) mass is 1140 g/mol. The van der Waals surface area contributed by atoms with E-state index < -0.39 is 255 Å². The minimum atomic E-state index is -2.20. The van der Waals surface area contributed by atoms with Crippen LogP contribution in [0, 0.1) is 0 Å². The van der Waals surface area contributed by atoms with E-state index in [2.05, 4.69) is 0 Å². The molecular formula is C43H73BO34. The molecule has 0 spiro atoms. The third-order valence-corrected chi connectivity index (χ3v) is 15.2. The molecule has 21 aliphatic rings. The molecule has 21 heterocycles. The second-order valence-electron chi connectivity index (χ2n) is 20.3. The molecule has 0 aromatic heterocycles. The maximum absolute atomic E-state index is 11.5. The highest BCUT2D eigenvalue weighted by atomic mass is 16.8. The van der Waals surface area contributed by atoms with Crippen molar-refractivity contribution in [1.29, 1.82) is 0 Å². The summed E-state index contributed by atoms with van der Waals surface area (Å²) >= 11 is 0. The van der Waals surface area contributed by atoms with Gasteiger partial charge < -0.3 is 168 Å². The molecule has 21 rings (SSSR count). The number of hydrogen-bond acceptors (Lipinski definition) is 34. The van der Waals surface area contributed by atoms with Gasteiger partial charge >= 0.3 is 0 Å². The van der Waals surface area contributed by atoms with Gasteiger partial charge in [-0.1, -0.05) is 6.82 Å². The van der Waals surface area contributed by atoms with Crippen molar-refractivity contribution in [2.24, 2.45) is 0 Å². The molecule has 0 amide bonds. The van der Waals surface area contributed by atoms with E-state index in [1.54, 1.807) is 6.82 Å². The maximum Gasteiger partial charge on any atom is 0.187 e. The first kappa shape index (κ1) is 62.7. The molecule has 14 bridgehead atoms. The van der Waals surface area contributed by atoms with Crippen LogP contribution in [0.1, 0.15) is 0 Å². The lowest BCUT2D eigenvalue weighted by molar-refractivity contribution is -0.396. The van der Waals surface area contributed by atoms with Crippen LogP contribution in [0.5, 0.6) is 0 Å². The summed E-state index contributed by atoms with van der Waals surface area (Å²) in [6.45, 7) is -4.43. The summed E-state index contributed by atoms with van der Waals surface area (Å²) in [6, 6.07) is 0. The van der Waals surface area contributed by atoms with E-state index in [1.165, 1.54) is 0 Å². The van der Waals surface area contributed by atoms with E-state index in [-0.39, 0.29) is 6.32 Å². The Kier molecular flexibility index (Phi) is 21.5. The first-order valence-electron chi connectivity index (χ1n) is 25.5. The highest BCUT2D eigenvalue weighted by Gasteiger charge is 2.59. The Morgan fingerprint density at radius 2 is 0.359 bits per heavy atom. The van der Waals surface area contributed by atoms with Gasteiger partial charge in [0.15, 0.2) is 44.0 Å². The number of rotatable bonds is 8. The van der Waals surface area contributed by atoms with Gasteiger partial charge in [-0.15, -0.1) is 0 Å². The lowest BCUT2D eigenvalue weighted by Gasteiger charge is -2.50. The molecule has 0 radical (unpaired) electrons. The van der Waals surface area contributed by atoms with Crippen molar-refractivity contribution in [2.45, 2.75) is 228 Å². The predicted octanol–water partition coefficient (Wildman–Crippen LogP) is -14.3. The van der Waals surface area contributed by atoms with Crippen molar-refractivity contribution in [3.63, 3.8) is 0 Å². The Morgan fingerprint density at radius 3 is 0.500 bits per heavy atom. The first-order valence-corrected chi connectivity index (χ1v) is 25.5. The second-order valence-corrected chi connectivity index (χ2v) is 20.3. The predicted molar refractivity (Wildman–Crippen MR) is 239 cm³/mol. The van der Waals surface area contributed by atoms with Gasteiger partial charge in [-0.2, -0.15) is 0 Å². The maximum atomic E-state index is 11.5. The number of hydrogen-bond donors (Lipinski definition) is 20. The molecular weight excluding hydrogens is 1070 g/mol. The highest BCUT2D eigenvalue weighted by molar-refractivity contribution is 6.33. The molecule has 20 N–H and O–H groups in total. The van der Waals surface area contributed by atoms with Crippen molar-refractivity contribution in [2.75, 3.05) is 39.6 Å². The smallest absolute Gasteiger partial charge is 0.187 e. The lowest BCUT2D eigenvalue weighted by Crippen LogP contribution is -2.68. The van der Waals surface area contributed by atoms with Crippen LogP contribution in [-0.2, 0) is 66.3 Å². The van der Waals surface area contributed by atoms with Gasteiger partial charge in [0.05, 0.1) is 45.7 Å². The third-order valence-electron chi connectivity index (χ3n) is 15.2. The van der Waals surface area contributed by atoms with Crippen molar-refractivity contribution in [3.8, 4) is 0 Å². The van der Waals surface area contributed by atoms with Crippen LogP contribution in [0.4, 0.5) is 0 Å². The Balaban J connectivity index is 1.08. The fourth-order valence-electron chi connectivity index (χ4n) is 10.8. The first-order chi connectivity index (χ1) is 37.2. The van der Waals surface area contributed by atoms with Gasteiger partial charge in [-0.05, 0) is 6.32 Å². The average Bonchev–Trinajstić information content (AvgIpc) is 3.44. The molecule has 78 heavy (non-hydrogen) atoms. The van der Waals surface area contributed by atoms with Crippen LogP contribution in [0.2, 0.25) is 13.1 Å². The molecule has 0 aromatic carbocycles. The van der Waals surface area contributed by atoms with Gasteiger partial charge in [0.2, 0.25) is 0 Å². The summed E-state index contributed by atoms with van der Waals surface area (Å²) in [5.41, 5.74) is 0. The van der Waals surface area contributed by atoms with E-state index in [0.717, 1.165) is 0 Å². The number of aliphatic hydroxyl groups is 20. The zero-order valence-corrected chi connectivity index (χ0v) is 41.5. The van der Waals surface area contributed by atoms with E-state index in [9.17, 15) is 102 Å². The Bertz CT molecular complexity index is 1840. The minimum absolute atomic E-state index is 0.0227.